The SMILES string of the molecule is Cl.O=C(NCCc1ccn(-c2ccc(F)cc2)n1)C1CC2CCCCC2N1. The molecule has 3 unspecified atom stereocenters. The molecule has 2 aliphatic rings. The van der Waals surface area contributed by atoms with Gasteiger partial charge in [0.05, 0.1) is 17.4 Å². The van der Waals surface area contributed by atoms with Gasteiger partial charge in [-0.05, 0) is 55.5 Å². The lowest BCUT2D eigenvalue weighted by molar-refractivity contribution is -0.122. The van der Waals surface area contributed by atoms with Gasteiger partial charge >= 0.3 is 0 Å². The van der Waals surface area contributed by atoms with E-state index in [1.807, 2.05) is 12.3 Å². The lowest BCUT2D eigenvalue weighted by Gasteiger charge is -2.24. The van der Waals surface area contributed by atoms with E-state index in [0.717, 1.165) is 17.8 Å². The Hall–Kier alpha value is -1.92. The summed E-state index contributed by atoms with van der Waals surface area (Å²) in [5.74, 6) is 0.521. The van der Waals surface area contributed by atoms with Crippen molar-refractivity contribution >= 4 is 18.3 Å². The van der Waals surface area contributed by atoms with E-state index in [0.29, 0.717) is 24.9 Å². The Morgan fingerprint density at radius 2 is 2.00 bits per heavy atom. The third-order valence-corrected chi connectivity index (χ3v) is 5.60. The van der Waals surface area contributed by atoms with Gasteiger partial charge in [-0.25, -0.2) is 9.07 Å². The normalized spacial score (nSPS) is 24.1. The second kappa shape index (κ2) is 8.85. The Kier molecular flexibility index (Phi) is 6.50. The monoisotopic (exact) mass is 392 g/mol. The van der Waals surface area contributed by atoms with Crippen molar-refractivity contribution in [2.75, 3.05) is 6.54 Å². The Balaban J connectivity index is 0.00000210. The van der Waals surface area contributed by atoms with E-state index < -0.39 is 0 Å². The van der Waals surface area contributed by atoms with Gasteiger partial charge in [0, 0.05) is 25.2 Å². The maximum absolute atomic E-state index is 13.0. The smallest absolute Gasteiger partial charge is 0.237 e. The molecule has 0 bridgehead atoms. The van der Waals surface area contributed by atoms with Crippen molar-refractivity contribution in [1.29, 1.82) is 0 Å². The molecule has 5 nitrogen and oxygen atoms in total. The highest BCUT2D eigenvalue weighted by atomic mass is 35.5. The predicted molar refractivity (Wildman–Crippen MR) is 105 cm³/mol. The van der Waals surface area contributed by atoms with Gasteiger partial charge in [0.1, 0.15) is 5.82 Å². The molecule has 1 amide bonds. The average molecular weight is 393 g/mol. The van der Waals surface area contributed by atoms with E-state index in [1.165, 1.54) is 37.8 Å². The fraction of sp³-hybridized carbons (Fsp3) is 0.500. The molecule has 7 heteroatoms. The molecule has 146 valence electrons. The van der Waals surface area contributed by atoms with Crippen molar-refractivity contribution in [3.05, 3.63) is 48.0 Å². The van der Waals surface area contributed by atoms with Crippen molar-refractivity contribution in [2.45, 2.75) is 50.6 Å². The van der Waals surface area contributed by atoms with E-state index in [2.05, 4.69) is 15.7 Å². The number of fused-ring (bicyclic) bond motifs is 1. The number of hydrogen-bond acceptors (Lipinski definition) is 3. The molecule has 0 spiro atoms. The Labute approximate surface area is 165 Å². The third kappa shape index (κ3) is 4.68. The lowest BCUT2D eigenvalue weighted by atomic mass is 9.85. The molecule has 2 heterocycles. The Morgan fingerprint density at radius 3 is 2.78 bits per heavy atom. The van der Waals surface area contributed by atoms with Crippen LogP contribution in [0.15, 0.2) is 36.5 Å². The molecular weight excluding hydrogens is 367 g/mol. The van der Waals surface area contributed by atoms with Crippen molar-refractivity contribution < 1.29 is 9.18 Å². The molecule has 1 aromatic heterocycles. The first-order valence-electron chi connectivity index (χ1n) is 9.53. The summed E-state index contributed by atoms with van der Waals surface area (Å²) in [4.78, 5) is 12.4. The minimum atomic E-state index is -0.260. The van der Waals surface area contributed by atoms with Gasteiger partial charge in [-0.15, -0.1) is 12.4 Å². The summed E-state index contributed by atoms with van der Waals surface area (Å²) in [6.07, 6.45) is 8.54. The first kappa shape index (κ1) is 19.8. The molecule has 1 aliphatic carbocycles. The van der Waals surface area contributed by atoms with Crippen LogP contribution >= 0.6 is 12.4 Å². The number of benzene rings is 1. The number of carbonyl (C=O) groups is 1. The number of halogens is 2. The summed E-state index contributed by atoms with van der Waals surface area (Å²) in [6, 6.07) is 8.65. The number of carbonyl (C=O) groups excluding carboxylic acids is 1. The zero-order chi connectivity index (χ0) is 17.9. The molecule has 0 radical (unpaired) electrons. The first-order valence-corrected chi connectivity index (χ1v) is 9.53. The fourth-order valence-electron chi connectivity index (χ4n) is 4.19. The first-order chi connectivity index (χ1) is 12.7. The molecule has 1 aromatic carbocycles. The van der Waals surface area contributed by atoms with Crippen LogP contribution in [-0.4, -0.2) is 34.3 Å². The molecule has 2 N–H and O–H groups in total. The highest BCUT2D eigenvalue weighted by molar-refractivity contribution is 5.85. The van der Waals surface area contributed by atoms with Gasteiger partial charge in [-0.1, -0.05) is 12.8 Å². The average Bonchev–Trinajstić information content (AvgIpc) is 3.29. The van der Waals surface area contributed by atoms with Crippen LogP contribution in [0, 0.1) is 11.7 Å². The molecule has 4 rings (SSSR count). The topological polar surface area (TPSA) is 59.0 Å². The predicted octanol–water partition coefficient (Wildman–Crippen LogP) is 3.01. The second-order valence-electron chi connectivity index (χ2n) is 7.38. The van der Waals surface area contributed by atoms with Crippen LogP contribution in [0.3, 0.4) is 0 Å². The number of amides is 1. The van der Waals surface area contributed by atoms with Crippen molar-refractivity contribution in [1.82, 2.24) is 20.4 Å². The third-order valence-electron chi connectivity index (χ3n) is 5.60. The minimum absolute atomic E-state index is 0. The van der Waals surface area contributed by atoms with Crippen LogP contribution in [-0.2, 0) is 11.2 Å². The maximum Gasteiger partial charge on any atom is 0.237 e. The molecular formula is C20H26ClFN4O. The summed E-state index contributed by atoms with van der Waals surface area (Å²) in [5.41, 5.74) is 1.72. The van der Waals surface area contributed by atoms with Crippen LogP contribution in [0.25, 0.3) is 5.69 Å². The number of nitrogens with zero attached hydrogens (tertiary/aromatic N) is 2. The van der Waals surface area contributed by atoms with E-state index in [-0.39, 0.29) is 30.2 Å². The molecule has 1 saturated heterocycles. The maximum atomic E-state index is 13.0. The van der Waals surface area contributed by atoms with Gasteiger partial charge in [-0.3, -0.25) is 4.79 Å². The Bertz CT molecular complexity index is 750. The summed E-state index contributed by atoms with van der Waals surface area (Å²) in [6.45, 7) is 0.576. The van der Waals surface area contributed by atoms with Crippen LogP contribution in [0.2, 0.25) is 0 Å². The van der Waals surface area contributed by atoms with E-state index in [1.54, 1.807) is 16.8 Å². The zero-order valence-electron chi connectivity index (χ0n) is 15.2. The highest BCUT2D eigenvalue weighted by Gasteiger charge is 2.37. The number of nitrogens with one attached hydrogen (secondary N) is 2. The summed E-state index contributed by atoms with van der Waals surface area (Å²) in [7, 11) is 0. The number of hydrogen-bond donors (Lipinski definition) is 2. The number of aromatic nitrogens is 2. The van der Waals surface area contributed by atoms with Crippen molar-refractivity contribution in [2.24, 2.45) is 5.92 Å². The van der Waals surface area contributed by atoms with Crippen LogP contribution < -0.4 is 10.6 Å². The van der Waals surface area contributed by atoms with Gasteiger partial charge < -0.3 is 10.6 Å². The number of rotatable bonds is 5. The standard InChI is InChI=1S/C20H25FN4O.ClH/c21-15-5-7-17(8-6-15)25-12-10-16(24-25)9-11-22-20(26)19-13-14-3-1-2-4-18(14)23-19;/h5-8,10,12,14,18-19,23H,1-4,9,11,13H2,(H,22,26);1H. The molecule has 1 saturated carbocycles. The second-order valence-corrected chi connectivity index (χ2v) is 7.38. The molecule has 27 heavy (non-hydrogen) atoms. The summed E-state index contributed by atoms with van der Waals surface area (Å²) < 4.78 is 14.7. The minimum Gasteiger partial charge on any atom is -0.354 e. The molecule has 2 fully saturated rings. The lowest BCUT2D eigenvalue weighted by Crippen LogP contribution is -2.43. The molecule has 2 aromatic rings. The summed E-state index contributed by atoms with van der Waals surface area (Å²) >= 11 is 0. The molecule has 3 atom stereocenters. The Morgan fingerprint density at radius 1 is 1.22 bits per heavy atom. The van der Waals surface area contributed by atoms with Crippen LogP contribution in [0.5, 0.6) is 0 Å². The van der Waals surface area contributed by atoms with Crippen molar-refractivity contribution in [3.63, 3.8) is 0 Å². The van der Waals surface area contributed by atoms with Gasteiger partial charge in [0.15, 0.2) is 0 Å². The van der Waals surface area contributed by atoms with Crippen LogP contribution in [0.4, 0.5) is 4.39 Å². The van der Waals surface area contributed by atoms with Gasteiger partial charge in [0.2, 0.25) is 5.91 Å². The quantitative estimate of drug-likeness (QED) is 0.822. The van der Waals surface area contributed by atoms with Gasteiger partial charge in [-0.2, -0.15) is 5.10 Å². The van der Waals surface area contributed by atoms with Gasteiger partial charge in [0.25, 0.3) is 0 Å². The largest absolute Gasteiger partial charge is 0.354 e. The van der Waals surface area contributed by atoms with E-state index >= 15 is 0 Å². The van der Waals surface area contributed by atoms with Crippen LogP contribution in [0.1, 0.15) is 37.8 Å². The van der Waals surface area contributed by atoms with E-state index in [4.69, 9.17) is 0 Å². The highest BCUT2D eigenvalue weighted by Crippen LogP contribution is 2.33. The van der Waals surface area contributed by atoms with Crippen molar-refractivity contribution in [3.8, 4) is 5.69 Å². The molecule has 1 aliphatic heterocycles. The summed E-state index contributed by atoms with van der Waals surface area (Å²) in [5, 5.41) is 11.0. The van der Waals surface area contributed by atoms with E-state index in [9.17, 15) is 9.18 Å². The fourth-order valence-corrected chi connectivity index (χ4v) is 4.19. The zero-order valence-corrected chi connectivity index (χ0v) is 16.1.